The van der Waals surface area contributed by atoms with Crippen LogP contribution in [0.4, 0.5) is 22.5 Å². The second-order valence-electron chi connectivity index (χ2n) is 8.08. The highest BCUT2D eigenvalue weighted by molar-refractivity contribution is 7.92. The summed E-state index contributed by atoms with van der Waals surface area (Å²) in [5.74, 6) is -0.0327. The minimum atomic E-state index is -3.84. The van der Waals surface area contributed by atoms with E-state index in [-0.39, 0.29) is 4.90 Å². The van der Waals surface area contributed by atoms with Crippen LogP contribution in [0.2, 0.25) is 0 Å². The SMILES string of the molecule is CNc1nc(C)c(-c2ccnc(Nc3ccc(S(=O)(=O)Nc4cccc(C(C)OC(C)=O)c4)cc3)n2)s1. The zero-order valence-corrected chi connectivity index (χ0v) is 22.3. The fraction of sp³-hybridized carbons (Fsp3) is 0.200. The minimum Gasteiger partial charge on any atom is -0.458 e. The molecule has 0 fully saturated rings. The molecule has 0 spiro atoms. The molecule has 0 radical (unpaired) electrons. The number of nitrogens with zero attached hydrogens (tertiary/aromatic N) is 3. The van der Waals surface area contributed by atoms with Crippen molar-refractivity contribution in [3.8, 4) is 10.6 Å². The molecule has 0 saturated heterocycles. The minimum absolute atomic E-state index is 0.0889. The number of sulfonamides is 1. The Kier molecular flexibility index (Phi) is 7.69. The molecule has 37 heavy (non-hydrogen) atoms. The van der Waals surface area contributed by atoms with Gasteiger partial charge in [0, 0.05) is 31.5 Å². The number of carbonyl (C=O) groups excluding carboxylic acids is 1. The van der Waals surface area contributed by atoms with Gasteiger partial charge in [0.15, 0.2) is 5.13 Å². The third-order valence-electron chi connectivity index (χ3n) is 5.27. The number of ether oxygens (including phenoxy) is 1. The Hall–Kier alpha value is -4.03. The van der Waals surface area contributed by atoms with E-state index in [1.165, 1.54) is 30.4 Å². The second-order valence-corrected chi connectivity index (χ2v) is 10.8. The molecule has 12 heteroatoms. The maximum atomic E-state index is 12.9. The summed E-state index contributed by atoms with van der Waals surface area (Å²) >= 11 is 1.50. The Balaban J connectivity index is 1.47. The number of esters is 1. The first-order chi connectivity index (χ1) is 17.6. The van der Waals surface area contributed by atoms with Gasteiger partial charge in [-0.05, 0) is 61.9 Å². The molecule has 3 N–H and O–H groups in total. The monoisotopic (exact) mass is 538 g/mol. The van der Waals surface area contributed by atoms with Gasteiger partial charge in [0.05, 0.1) is 21.2 Å². The highest BCUT2D eigenvalue weighted by Gasteiger charge is 2.16. The van der Waals surface area contributed by atoms with E-state index < -0.39 is 22.1 Å². The van der Waals surface area contributed by atoms with Crippen LogP contribution in [0.3, 0.4) is 0 Å². The molecule has 0 aliphatic carbocycles. The van der Waals surface area contributed by atoms with E-state index >= 15 is 0 Å². The van der Waals surface area contributed by atoms with E-state index in [0.29, 0.717) is 22.9 Å². The number of benzene rings is 2. The molecule has 10 nitrogen and oxygen atoms in total. The molecule has 1 unspecified atom stereocenters. The summed E-state index contributed by atoms with van der Waals surface area (Å²) in [6, 6.07) is 14.8. The number of hydrogen-bond acceptors (Lipinski definition) is 10. The van der Waals surface area contributed by atoms with E-state index in [1.54, 1.807) is 49.5 Å². The number of anilines is 4. The van der Waals surface area contributed by atoms with Crippen LogP contribution in [0.1, 0.15) is 31.2 Å². The molecule has 2 heterocycles. The molecule has 4 aromatic rings. The summed E-state index contributed by atoms with van der Waals surface area (Å²) < 4.78 is 33.6. The van der Waals surface area contributed by atoms with E-state index in [1.807, 2.05) is 20.0 Å². The van der Waals surface area contributed by atoms with Crippen molar-refractivity contribution in [2.24, 2.45) is 0 Å². The van der Waals surface area contributed by atoms with Crippen molar-refractivity contribution >= 4 is 49.8 Å². The highest BCUT2D eigenvalue weighted by atomic mass is 32.2. The Morgan fingerprint density at radius 3 is 2.49 bits per heavy atom. The molecule has 0 aliphatic heterocycles. The first-order valence-corrected chi connectivity index (χ1v) is 13.6. The van der Waals surface area contributed by atoms with Crippen LogP contribution < -0.4 is 15.4 Å². The zero-order valence-electron chi connectivity index (χ0n) is 20.6. The van der Waals surface area contributed by atoms with Crippen LogP contribution in [0, 0.1) is 6.92 Å². The van der Waals surface area contributed by atoms with Crippen LogP contribution in [0.25, 0.3) is 10.6 Å². The fourth-order valence-corrected chi connectivity index (χ4v) is 5.46. The van der Waals surface area contributed by atoms with Crippen LogP contribution in [-0.2, 0) is 19.6 Å². The first-order valence-electron chi connectivity index (χ1n) is 11.3. The van der Waals surface area contributed by atoms with Gasteiger partial charge in [0.25, 0.3) is 10.0 Å². The van der Waals surface area contributed by atoms with Crippen LogP contribution in [0.5, 0.6) is 0 Å². The van der Waals surface area contributed by atoms with E-state index in [2.05, 4.69) is 30.3 Å². The molecule has 4 rings (SSSR count). The molecule has 1 atom stereocenters. The van der Waals surface area contributed by atoms with Gasteiger partial charge in [-0.25, -0.2) is 23.4 Å². The molecular weight excluding hydrogens is 512 g/mol. The Labute approximate surface area is 219 Å². The number of carbonyl (C=O) groups is 1. The molecule has 2 aromatic carbocycles. The van der Waals surface area contributed by atoms with Crippen molar-refractivity contribution in [2.75, 3.05) is 22.4 Å². The lowest BCUT2D eigenvalue weighted by molar-refractivity contribution is -0.145. The van der Waals surface area contributed by atoms with Gasteiger partial charge in [-0.2, -0.15) is 0 Å². The number of aromatic nitrogens is 3. The lowest BCUT2D eigenvalue weighted by Crippen LogP contribution is -2.13. The molecule has 2 aromatic heterocycles. The normalized spacial score (nSPS) is 12.0. The Morgan fingerprint density at radius 2 is 1.81 bits per heavy atom. The van der Waals surface area contributed by atoms with Gasteiger partial charge in [-0.3, -0.25) is 9.52 Å². The molecule has 0 aliphatic rings. The van der Waals surface area contributed by atoms with Crippen molar-refractivity contribution in [1.29, 1.82) is 0 Å². The maximum absolute atomic E-state index is 12.9. The van der Waals surface area contributed by atoms with Gasteiger partial charge >= 0.3 is 5.97 Å². The standard InChI is InChI=1S/C25H26N6O4S2/c1-15-23(36-25(26-4)28-15)22-12-13-27-24(30-22)29-19-8-10-21(11-9-19)37(33,34)31-20-7-5-6-18(14-20)16(2)35-17(3)32/h5-14,16,31H,1-4H3,(H,26,28)(H,27,29,30). The van der Waals surface area contributed by atoms with Crippen LogP contribution in [0.15, 0.2) is 65.7 Å². The Morgan fingerprint density at radius 1 is 1.05 bits per heavy atom. The van der Waals surface area contributed by atoms with Crippen LogP contribution in [-0.4, -0.2) is 36.4 Å². The number of thiazole rings is 1. The van der Waals surface area contributed by atoms with Gasteiger partial charge in [-0.1, -0.05) is 23.5 Å². The molecular formula is C25H26N6O4S2. The quantitative estimate of drug-likeness (QED) is 0.248. The average Bonchev–Trinajstić information content (AvgIpc) is 3.25. The molecule has 0 saturated carbocycles. The van der Waals surface area contributed by atoms with Crippen molar-refractivity contribution in [2.45, 2.75) is 31.8 Å². The highest BCUT2D eigenvalue weighted by Crippen LogP contribution is 2.32. The lowest BCUT2D eigenvalue weighted by atomic mass is 10.1. The zero-order chi connectivity index (χ0) is 26.6. The van der Waals surface area contributed by atoms with E-state index in [0.717, 1.165) is 21.4 Å². The maximum Gasteiger partial charge on any atom is 0.303 e. The van der Waals surface area contributed by atoms with Crippen molar-refractivity contribution in [3.63, 3.8) is 0 Å². The summed E-state index contributed by atoms with van der Waals surface area (Å²) in [5, 5.41) is 6.95. The average molecular weight is 539 g/mol. The van der Waals surface area contributed by atoms with Gasteiger partial charge < -0.3 is 15.4 Å². The number of aryl methyl sites for hydroxylation is 1. The molecule has 0 amide bonds. The van der Waals surface area contributed by atoms with Gasteiger partial charge in [-0.15, -0.1) is 0 Å². The third kappa shape index (κ3) is 6.40. The summed E-state index contributed by atoms with van der Waals surface area (Å²) in [7, 11) is -2.03. The van der Waals surface area contributed by atoms with Gasteiger partial charge in [0.2, 0.25) is 5.95 Å². The van der Waals surface area contributed by atoms with Crippen molar-refractivity contribution in [1.82, 2.24) is 15.0 Å². The summed E-state index contributed by atoms with van der Waals surface area (Å²) in [6.45, 7) is 4.97. The summed E-state index contributed by atoms with van der Waals surface area (Å²) in [4.78, 5) is 25.5. The van der Waals surface area contributed by atoms with Gasteiger partial charge in [0.1, 0.15) is 6.10 Å². The summed E-state index contributed by atoms with van der Waals surface area (Å²) in [6.07, 6.45) is 1.15. The number of nitrogens with one attached hydrogen (secondary N) is 3. The van der Waals surface area contributed by atoms with E-state index in [4.69, 9.17) is 4.74 Å². The van der Waals surface area contributed by atoms with Crippen LogP contribution >= 0.6 is 11.3 Å². The fourth-order valence-electron chi connectivity index (χ4n) is 3.52. The number of rotatable bonds is 9. The lowest BCUT2D eigenvalue weighted by Gasteiger charge is -2.14. The number of hydrogen-bond donors (Lipinski definition) is 3. The summed E-state index contributed by atoms with van der Waals surface area (Å²) in [5.41, 5.74) is 3.27. The Bertz CT molecular complexity index is 1520. The second kappa shape index (κ2) is 10.9. The molecule has 0 bridgehead atoms. The third-order valence-corrected chi connectivity index (χ3v) is 7.87. The molecule has 192 valence electrons. The topological polar surface area (TPSA) is 135 Å². The van der Waals surface area contributed by atoms with E-state index in [9.17, 15) is 13.2 Å². The predicted octanol–water partition coefficient (Wildman–Crippen LogP) is 5.12. The smallest absolute Gasteiger partial charge is 0.303 e. The van der Waals surface area contributed by atoms with Crippen molar-refractivity contribution < 1.29 is 17.9 Å². The predicted molar refractivity (Wildman–Crippen MR) is 145 cm³/mol. The largest absolute Gasteiger partial charge is 0.458 e. The first kappa shape index (κ1) is 26.0. The van der Waals surface area contributed by atoms with Crippen molar-refractivity contribution in [3.05, 3.63) is 72.1 Å².